The molecule has 2 aromatic heterocycles. The monoisotopic (exact) mass is 798 g/mol. The van der Waals surface area contributed by atoms with Crippen LogP contribution in [0, 0.1) is 46.5 Å². The van der Waals surface area contributed by atoms with Gasteiger partial charge in [-0.25, -0.2) is 45.1 Å². The molecule has 0 fully saturated rings. The van der Waals surface area contributed by atoms with Gasteiger partial charge in [0.2, 0.25) is 11.8 Å². The highest BCUT2D eigenvalue weighted by atomic mass is 32.2. The summed E-state index contributed by atoms with van der Waals surface area (Å²) in [5, 5.41) is 0.526. The molecule has 6 aromatic rings. The van der Waals surface area contributed by atoms with Crippen molar-refractivity contribution >= 4 is 68.8 Å². The largest absolute Gasteiger partial charge is 0.497 e. The molecule has 4 aromatic carbocycles. The average Bonchev–Trinajstić information content (AvgIpc) is 3.78. The number of hydrogen-bond acceptors (Lipinski definition) is 10. The number of rotatable bonds is 13. The standard InChI is InChI=1S/C32H22F8N8O4S2/c1-51-11-3-5-13-15(7-11)43-31(41-13)53-9-17(49)45-47-29-25(37)21(33)19(22(34)26(29)38)20-23(35)27(39)30(28(40)24(20)36)48-46-18(50)10-54-32-42-14-6-4-12(52-2)8-16(14)44-32/h3-8,47-48H,9-10H2,1-2H3,(H,41,43)(H,42,44)(H,45,49)(H,46,50). The lowest BCUT2D eigenvalue weighted by Crippen LogP contribution is -2.32. The highest BCUT2D eigenvalue weighted by Gasteiger charge is 2.34. The zero-order valence-corrected chi connectivity index (χ0v) is 28.9. The molecule has 0 aliphatic heterocycles. The maximum atomic E-state index is 15.1. The molecule has 282 valence electrons. The van der Waals surface area contributed by atoms with E-state index < -0.39 is 92.4 Å². The van der Waals surface area contributed by atoms with E-state index in [1.807, 2.05) is 10.9 Å². The number of fused-ring (bicyclic) bond motifs is 2. The van der Waals surface area contributed by atoms with Crippen molar-refractivity contribution < 1.29 is 54.2 Å². The van der Waals surface area contributed by atoms with E-state index >= 15 is 17.6 Å². The first kappa shape index (κ1) is 37.8. The highest BCUT2D eigenvalue weighted by Crippen LogP contribution is 2.40. The number of halogens is 8. The fourth-order valence-electron chi connectivity index (χ4n) is 4.85. The Morgan fingerprint density at radius 3 is 1.28 bits per heavy atom. The number of nitrogens with one attached hydrogen (secondary N) is 6. The Labute approximate surface area is 305 Å². The van der Waals surface area contributed by atoms with Crippen LogP contribution >= 0.6 is 23.5 Å². The number of hydrazine groups is 2. The number of aromatic amines is 2. The molecule has 12 nitrogen and oxygen atoms in total. The van der Waals surface area contributed by atoms with Crippen molar-refractivity contribution in [3.63, 3.8) is 0 Å². The molecule has 6 N–H and O–H groups in total. The van der Waals surface area contributed by atoms with Crippen LogP contribution in [0.25, 0.3) is 33.2 Å². The third kappa shape index (κ3) is 7.46. The highest BCUT2D eigenvalue weighted by molar-refractivity contribution is 8.00. The molecule has 0 bridgehead atoms. The second-order valence-corrected chi connectivity index (χ2v) is 12.7. The molecule has 54 heavy (non-hydrogen) atoms. The Balaban J connectivity index is 1.13. The average molecular weight is 799 g/mol. The van der Waals surface area contributed by atoms with E-state index in [-0.39, 0.29) is 10.3 Å². The van der Waals surface area contributed by atoms with Crippen LogP contribution in [0.2, 0.25) is 0 Å². The van der Waals surface area contributed by atoms with E-state index in [2.05, 4.69) is 19.9 Å². The van der Waals surface area contributed by atoms with Crippen molar-refractivity contribution in [2.75, 3.05) is 36.6 Å². The first-order chi connectivity index (χ1) is 25.8. The zero-order chi connectivity index (χ0) is 38.8. The van der Waals surface area contributed by atoms with Crippen molar-refractivity contribution in [3.8, 4) is 22.6 Å². The molecule has 2 heterocycles. The number of imidazole rings is 2. The van der Waals surface area contributed by atoms with Gasteiger partial charge in [0.1, 0.15) is 22.9 Å². The Bertz CT molecular complexity index is 2220. The number of thioether (sulfide) groups is 2. The van der Waals surface area contributed by atoms with Crippen LogP contribution in [0.3, 0.4) is 0 Å². The van der Waals surface area contributed by atoms with Crippen LogP contribution in [0.1, 0.15) is 0 Å². The van der Waals surface area contributed by atoms with Crippen LogP contribution in [0.5, 0.6) is 11.5 Å². The molecule has 0 saturated carbocycles. The van der Waals surface area contributed by atoms with Gasteiger partial charge in [-0.05, 0) is 24.3 Å². The predicted molar refractivity (Wildman–Crippen MR) is 182 cm³/mol. The summed E-state index contributed by atoms with van der Waals surface area (Å²) < 4.78 is 131. The first-order valence-electron chi connectivity index (χ1n) is 15.0. The van der Waals surface area contributed by atoms with Gasteiger partial charge in [0, 0.05) is 12.1 Å². The Morgan fingerprint density at radius 1 is 0.593 bits per heavy atom. The second-order valence-electron chi connectivity index (χ2n) is 10.8. The van der Waals surface area contributed by atoms with Crippen LogP contribution in [0.4, 0.5) is 46.5 Å². The van der Waals surface area contributed by atoms with Gasteiger partial charge in [0.25, 0.3) is 0 Å². The lowest BCUT2D eigenvalue weighted by Gasteiger charge is -2.17. The van der Waals surface area contributed by atoms with E-state index in [4.69, 9.17) is 9.47 Å². The fraction of sp³-hybridized carbons (Fsp3) is 0.125. The minimum Gasteiger partial charge on any atom is -0.497 e. The zero-order valence-electron chi connectivity index (χ0n) is 27.2. The van der Waals surface area contributed by atoms with E-state index in [9.17, 15) is 27.2 Å². The lowest BCUT2D eigenvalue weighted by molar-refractivity contribution is -0.118. The number of carbonyl (C=O) groups is 2. The van der Waals surface area contributed by atoms with E-state index in [0.29, 0.717) is 33.6 Å². The molecule has 0 aliphatic rings. The second kappa shape index (κ2) is 15.6. The Morgan fingerprint density at radius 2 is 0.944 bits per heavy atom. The maximum Gasteiger partial charge on any atom is 0.248 e. The number of amides is 2. The number of anilines is 2. The van der Waals surface area contributed by atoms with Gasteiger partial charge in [-0.2, -0.15) is 0 Å². The van der Waals surface area contributed by atoms with Crippen molar-refractivity contribution in [1.29, 1.82) is 0 Å². The molecule has 2 amide bonds. The lowest BCUT2D eigenvalue weighted by atomic mass is 10.00. The summed E-state index contributed by atoms with van der Waals surface area (Å²) in [6, 6.07) is 9.87. The molecular weight excluding hydrogens is 777 g/mol. The normalized spacial score (nSPS) is 11.2. The summed E-state index contributed by atoms with van der Waals surface area (Å²) in [6.45, 7) is 0. The number of aromatic nitrogens is 4. The minimum absolute atomic E-state index is 0.263. The molecule has 0 aliphatic carbocycles. The van der Waals surface area contributed by atoms with Crippen molar-refractivity contribution in [1.82, 2.24) is 30.8 Å². The molecule has 0 radical (unpaired) electrons. The molecule has 0 unspecified atom stereocenters. The van der Waals surface area contributed by atoms with Crippen LogP contribution < -0.4 is 31.2 Å². The molecule has 0 atom stereocenters. The number of benzene rings is 4. The van der Waals surface area contributed by atoms with Gasteiger partial charge in [-0.1, -0.05) is 23.5 Å². The van der Waals surface area contributed by atoms with Crippen LogP contribution in [-0.4, -0.2) is 57.5 Å². The Hall–Kier alpha value is -5.90. The van der Waals surface area contributed by atoms with Crippen molar-refractivity contribution in [2.24, 2.45) is 0 Å². The van der Waals surface area contributed by atoms with Crippen molar-refractivity contribution in [2.45, 2.75) is 10.3 Å². The van der Waals surface area contributed by atoms with E-state index in [1.165, 1.54) is 14.2 Å². The minimum atomic E-state index is -2.47. The van der Waals surface area contributed by atoms with Gasteiger partial charge in [0.05, 0.1) is 58.9 Å². The van der Waals surface area contributed by atoms with Gasteiger partial charge < -0.3 is 19.4 Å². The summed E-state index contributed by atoms with van der Waals surface area (Å²) in [4.78, 5) is 38.9. The summed E-state index contributed by atoms with van der Waals surface area (Å²) in [5.41, 5.74) is 1.59. The summed E-state index contributed by atoms with van der Waals surface area (Å²) in [7, 11) is 2.92. The fourth-order valence-corrected chi connectivity index (χ4v) is 6.22. The number of ether oxygens (including phenoxy) is 2. The predicted octanol–water partition coefficient (Wildman–Crippen LogP) is 6.71. The van der Waals surface area contributed by atoms with Crippen LogP contribution in [0.15, 0.2) is 46.7 Å². The Kier molecular flexibility index (Phi) is 10.9. The van der Waals surface area contributed by atoms with E-state index in [0.717, 1.165) is 23.5 Å². The molecule has 22 heteroatoms. The van der Waals surface area contributed by atoms with Gasteiger partial charge >= 0.3 is 0 Å². The molecular formula is C32H22F8N8O4S2. The quantitative estimate of drug-likeness (QED) is 0.0321. The van der Waals surface area contributed by atoms with Gasteiger partial charge in [-0.15, -0.1) is 0 Å². The van der Waals surface area contributed by atoms with Gasteiger partial charge in [0.15, 0.2) is 56.9 Å². The summed E-state index contributed by atoms with van der Waals surface area (Å²) in [6.07, 6.45) is 0. The van der Waals surface area contributed by atoms with E-state index in [1.54, 1.807) is 47.2 Å². The molecule has 0 saturated heterocycles. The van der Waals surface area contributed by atoms with Crippen molar-refractivity contribution in [3.05, 3.63) is 82.9 Å². The first-order valence-corrected chi connectivity index (χ1v) is 16.9. The number of carbonyl (C=O) groups excluding carboxylic acids is 2. The van der Waals surface area contributed by atoms with Crippen LogP contribution in [-0.2, 0) is 9.59 Å². The molecule has 0 spiro atoms. The third-order valence-corrected chi connectivity index (χ3v) is 9.19. The van der Waals surface area contributed by atoms with Gasteiger partial charge in [-0.3, -0.25) is 31.3 Å². The number of methoxy groups -OCH3 is 2. The third-order valence-electron chi connectivity index (χ3n) is 7.45. The summed E-state index contributed by atoms with van der Waals surface area (Å²) in [5.74, 6) is -20.8. The number of hydrogen-bond donors (Lipinski definition) is 6. The summed E-state index contributed by atoms with van der Waals surface area (Å²) >= 11 is 1.69. The maximum absolute atomic E-state index is 15.1. The smallest absolute Gasteiger partial charge is 0.248 e. The number of H-pyrrole nitrogens is 2. The topological polar surface area (TPSA) is 158 Å². The molecule has 6 rings (SSSR count). The SMILES string of the molecule is COc1ccc2nc(SCC(=O)NNc3c(F)c(F)c(-c4c(F)c(F)c(NNC(=O)CSc5nc6ccc(OC)cc6[nH]5)c(F)c4F)c(F)c3F)[nH]c2c1. The number of nitrogens with zero attached hydrogens (tertiary/aromatic N) is 2.